The average molecular weight is 278 g/mol. The van der Waals surface area contributed by atoms with Gasteiger partial charge in [0.2, 0.25) is 0 Å². The smallest absolute Gasteiger partial charge is 0.00790 e. The Morgan fingerprint density at radius 3 is 2.33 bits per heavy atom. The fraction of sp³-hybridized carbons (Fsp3) is 0.333. The van der Waals surface area contributed by atoms with Gasteiger partial charge in [-0.3, -0.25) is 0 Å². The lowest BCUT2D eigenvalue weighted by Gasteiger charge is -2.13. The van der Waals surface area contributed by atoms with Crippen LogP contribution in [0.4, 0.5) is 0 Å². The molecule has 0 unspecified atom stereocenters. The van der Waals surface area contributed by atoms with Crippen molar-refractivity contribution in [2.45, 2.75) is 47.0 Å². The number of hydrogen-bond donors (Lipinski definition) is 0. The lowest BCUT2D eigenvalue weighted by molar-refractivity contribution is 0.898. The quantitative estimate of drug-likeness (QED) is 0.649. The van der Waals surface area contributed by atoms with Crippen molar-refractivity contribution in [2.24, 2.45) is 0 Å². The van der Waals surface area contributed by atoms with E-state index in [9.17, 15) is 0 Å². The molecule has 3 rings (SSSR count). The summed E-state index contributed by atoms with van der Waals surface area (Å²) in [5.74, 6) is 0. The van der Waals surface area contributed by atoms with Gasteiger partial charge in [-0.25, -0.2) is 0 Å². The molecule has 0 amide bonds. The molecule has 0 bridgehead atoms. The number of allylic oxidation sites excluding steroid dienone is 1. The van der Waals surface area contributed by atoms with Crippen LogP contribution in [0, 0.1) is 6.92 Å². The van der Waals surface area contributed by atoms with Crippen LogP contribution in [0.25, 0.3) is 5.57 Å². The lowest BCUT2D eigenvalue weighted by Crippen LogP contribution is -1.98. The van der Waals surface area contributed by atoms with Crippen LogP contribution in [0.1, 0.15) is 55.0 Å². The van der Waals surface area contributed by atoms with Crippen LogP contribution in [0.2, 0.25) is 0 Å². The van der Waals surface area contributed by atoms with Crippen LogP contribution < -0.4 is 0 Å². The van der Waals surface area contributed by atoms with Crippen LogP contribution in [0.5, 0.6) is 0 Å². The third-order valence-electron chi connectivity index (χ3n) is 4.05. The van der Waals surface area contributed by atoms with Gasteiger partial charge in [0.25, 0.3) is 0 Å². The third kappa shape index (κ3) is 3.10. The van der Waals surface area contributed by atoms with Gasteiger partial charge < -0.3 is 0 Å². The van der Waals surface area contributed by atoms with E-state index in [0.29, 0.717) is 0 Å². The molecule has 0 atom stereocenters. The van der Waals surface area contributed by atoms with E-state index in [2.05, 4.69) is 62.4 Å². The van der Waals surface area contributed by atoms with Crippen molar-refractivity contribution in [1.29, 1.82) is 0 Å². The second-order valence-corrected chi connectivity index (χ2v) is 5.33. The Morgan fingerprint density at radius 2 is 1.67 bits per heavy atom. The van der Waals surface area contributed by atoms with Gasteiger partial charge in [0.1, 0.15) is 0 Å². The average Bonchev–Trinajstić information content (AvgIpc) is 2.97. The van der Waals surface area contributed by atoms with Gasteiger partial charge in [-0.05, 0) is 53.2 Å². The zero-order chi connectivity index (χ0) is 15.2. The van der Waals surface area contributed by atoms with E-state index >= 15 is 0 Å². The first kappa shape index (κ1) is 15.6. The summed E-state index contributed by atoms with van der Waals surface area (Å²) in [6.07, 6.45) is 5.90. The molecule has 0 heteroatoms. The SMILES string of the molecule is CC.CCCc1c(C)ccc2c1CC=C2c1ccccc1. The molecule has 0 aliphatic heterocycles. The standard InChI is InChI=1S/C19H20.C2H6/c1-3-7-16-14(2)10-11-19-17(12-13-18(16)19)15-8-5-4-6-9-15;1-2/h4-6,8-12H,3,7,13H2,1-2H3;1-2H3. The lowest BCUT2D eigenvalue weighted by atomic mass is 9.91. The highest BCUT2D eigenvalue weighted by molar-refractivity contribution is 5.85. The molecule has 1 aliphatic carbocycles. The molecule has 1 aliphatic rings. The molecule has 0 saturated carbocycles. The van der Waals surface area contributed by atoms with Crippen LogP contribution in [0.3, 0.4) is 0 Å². The Balaban J connectivity index is 0.000000774. The van der Waals surface area contributed by atoms with Crippen molar-refractivity contribution in [3.8, 4) is 0 Å². The summed E-state index contributed by atoms with van der Waals surface area (Å²) >= 11 is 0. The van der Waals surface area contributed by atoms with Crippen molar-refractivity contribution in [1.82, 2.24) is 0 Å². The molecular formula is C21H26. The van der Waals surface area contributed by atoms with Crippen LogP contribution in [0.15, 0.2) is 48.5 Å². The van der Waals surface area contributed by atoms with Gasteiger partial charge >= 0.3 is 0 Å². The summed E-state index contributed by atoms with van der Waals surface area (Å²) < 4.78 is 0. The van der Waals surface area contributed by atoms with Crippen molar-refractivity contribution in [2.75, 3.05) is 0 Å². The molecule has 2 aromatic rings. The Morgan fingerprint density at radius 1 is 0.952 bits per heavy atom. The first-order chi connectivity index (χ1) is 10.3. The van der Waals surface area contributed by atoms with Crippen LogP contribution >= 0.6 is 0 Å². The van der Waals surface area contributed by atoms with Gasteiger partial charge in [-0.2, -0.15) is 0 Å². The van der Waals surface area contributed by atoms with Gasteiger partial charge in [0, 0.05) is 0 Å². The highest BCUT2D eigenvalue weighted by atomic mass is 14.2. The van der Waals surface area contributed by atoms with E-state index in [1.165, 1.54) is 35.1 Å². The fourth-order valence-electron chi connectivity index (χ4n) is 3.10. The zero-order valence-corrected chi connectivity index (χ0v) is 13.7. The van der Waals surface area contributed by atoms with Crippen LogP contribution in [-0.2, 0) is 12.8 Å². The first-order valence-electron chi connectivity index (χ1n) is 8.18. The minimum Gasteiger partial charge on any atom is -0.0716 e. The molecular weight excluding hydrogens is 252 g/mol. The summed E-state index contributed by atoms with van der Waals surface area (Å²) in [6, 6.07) is 15.3. The molecule has 0 saturated heterocycles. The number of benzene rings is 2. The van der Waals surface area contributed by atoms with Gasteiger partial charge in [-0.1, -0.05) is 75.7 Å². The normalized spacial score (nSPS) is 12.3. The molecule has 2 aromatic carbocycles. The molecule has 21 heavy (non-hydrogen) atoms. The molecule has 0 nitrogen and oxygen atoms in total. The summed E-state index contributed by atoms with van der Waals surface area (Å²) in [5, 5.41) is 0. The predicted molar refractivity (Wildman–Crippen MR) is 93.7 cm³/mol. The summed E-state index contributed by atoms with van der Waals surface area (Å²) in [6.45, 7) is 8.51. The van der Waals surface area contributed by atoms with Crippen LogP contribution in [-0.4, -0.2) is 0 Å². The molecule has 0 heterocycles. The van der Waals surface area contributed by atoms with Crippen molar-refractivity contribution >= 4 is 5.57 Å². The second-order valence-electron chi connectivity index (χ2n) is 5.33. The zero-order valence-electron chi connectivity index (χ0n) is 13.7. The Hall–Kier alpha value is -1.82. The molecule has 0 N–H and O–H groups in total. The Bertz CT molecular complexity index is 618. The predicted octanol–water partition coefficient (Wildman–Crippen LogP) is 5.96. The minimum absolute atomic E-state index is 1.09. The fourth-order valence-corrected chi connectivity index (χ4v) is 3.10. The van der Waals surface area contributed by atoms with Gasteiger partial charge in [0.05, 0.1) is 0 Å². The van der Waals surface area contributed by atoms with Crippen molar-refractivity contribution in [3.05, 3.63) is 76.4 Å². The highest BCUT2D eigenvalue weighted by Gasteiger charge is 2.19. The van der Waals surface area contributed by atoms with E-state index in [4.69, 9.17) is 0 Å². The van der Waals surface area contributed by atoms with Crippen molar-refractivity contribution < 1.29 is 0 Å². The molecule has 0 radical (unpaired) electrons. The van der Waals surface area contributed by atoms with Crippen molar-refractivity contribution in [3.63, 3.8) is 0 Å². The second kappa shape index (κ2) is 7.26. The summed E-state index contributed by atoms with van der Waals surface area (Å²) in [7, 11) is 0. The molecule has 110 valence electrons. The summed E-state index contributed by atoms with van der Waals surface area (Å²) in [5.41, 5.74) is 8.77. The van der Waals surface area contributed by atoms with E-state index in [1.54, 1.807) is 11.1 Å². The maximum absolute atomic E-state index is 2.39. The summed E-state index contributed by atoms with van der Waals surface area (Å²) in [4.78, 5) is 0. The third-order valence-corrected chi connectivity index (χ3v) is 4.05. The number of fused-ring (bicyclic) bond motifs is 1. The molecule has 0 aromatic heterocycles. The number of rotatable bonds is 3. The van der Waals surface area contributed by atoms with Gasteiger partial charge in [0.15, 0.2) is 0 Å². The Labute approximate surface area is 129 Å². The van der Waals surface area contributed by atoms with E-state index < -0.39 is 0 Å². The monoisotopic (exact) mass is 278 g/mol. The maximum Gasteiger partial charge on any atom is -0.00790 e. The minimum atomic E-state index is 1.09. The van der Waals surface area contributed by atoms with E-state index in [0.717, 1.165) is 6.42 Å². The topological polar surface area (TPSA) is 0 Å². The molecule has 0 fully saturated rings. The highest BCUT2D eigenvalue weighted by Crippen LogP contribution is 2.36. The molecule has 0 spiro atoms. The Kier molecular flexibility index (Phi) is 5.38. The van der Waals surface area contributed by atoms with E-state index in [1.807, 2.05) is 13.8 Å². The largest absolute Gasteiger partial charge is 0.0716 e. The number of aryl methyl sites for hydroxylation is 1. The number of hydrogen-bond acceptors (Lipinski definition) is 0. The first-order valence-corrected chi connectivity index (χ1v) is 8.18. The maximum atomic E-state index is 2.39. The van der Waals surface area contributed by atoms with Gasteiger partial charge in [-0.15, -0.1) is 0 Å². The van der Waals surface area contributed by atoms with E-state index in [-0.39, 0.29) is 0 Å².